The molecule has 0 aromatic carbocycles. The number of hydrogen-bond acceptors (Lipinski definition) is 3. The van der Waals surface area contributed by atoms with Crippen LogP contribution in [0.1, 0.15) is 32.6 Å². The second-order valence-electron chi connectivity index (χ2n) is 3.83. The van der Waals surface area contributed by atoms with Crippen molar-refractivity contribution in [1.82, 2.24) is 10.6 Å². The summed E-state index contributed by atoms with van der Waals surface area (Å²) in [5, 5.41) is 14.9. The molecule has 0 bridgehead atoms. The van der Waals surface area contributed by atoms with Crippen LogP contribution in [0.3, 0.4) is 0 Å². The number of aliphatic hydroxyl groups is 1. The van der Waals surface area contributed by atoms with E-state index in [4.69, 9.17) is 5.11 Å². The zero-order chi connectivity index (χ0) is 10.4. The fraction of sp³-hybridized carbons (Fsp3) is 0.900. The zero-order valence-electron chi connectivity index (χ0n) is 8.75. The summed E-state index contributed by atoms with van der Waals surface area (Å²) in [5.74, 6) is 0.0269. The Morgan fingerprint density at radius 3 is 2.79 bits per heavy atom. The summed E-state index contributed by atoms with van der Waals surface area (Å²) >= 11 is 0. The highest BCUT2D eigenvalue weighted by Gasteiger charge is 2.20. The second-order valence-corrected chi connectivity index (χ2v) is 3.83. The van der Waals surface area contributed by atoms with Gasteiger partial charge < -0.3 is 15.7 Å². The first-order valence-electron chi connectivity index (χ1n) is 5.39. The van der Waals surface area contributed by atoms with Gasteiger partial charge in [0.1, 0.15) is 0 Å². The van der Waals surface area contributed by atoms with Crippen molar-refractivity contribution in [2.45, 2.75) is 44.7 Å². The van der Waals surface area contributed by atoms with Crippen LogP contribution in [0.5, 0.6) is 0 Å². The van der Waals surface area contributed by atoms with Crippen molar-refractivity contribution in [3.05, 3.63) is 0 Å². The highest BCUT2D eigenvalue weighted by molar-refractivity contribution is 5.76. The van der Waals surface area contributed by atoms with Gasteiger partial charge in [-0.1, -0.05) is 6.92 Å². The predicted octanol–water partition coefficient (Wildman–Crippen LogP) is 0.0156. The van der Waals surface area contributed by atoms with E-state index in [0.29, 0.717) is 12.5 Å². The van der Waals surface area contributed by atoms with Crippen molar-refractivity contribution in [1.29, 1.82) is 0 Å². The molecule has 0 saturated heterocycles. The van der Waals surface area contributed by atoms with E-state index >= 15 is 0 Å². The quantitative estimate of drug-likeness (QED) is 0.543. The van der Waals surface area contributed by atoms with E-state index in [2.05, 4.69) is 10.6 Å². The molecule has 0 spiro atoms. The molecule has 14 heavy (non-hydrogen) atoms. The molecule has 1 unspecified atom stereocenters. The van der Waals surface area contributed by atoms with Crippen molar-refractivity contribution < 1.29 is 9.90 Å². The first kappa shape index (κ1) is 11.5. The van der Waals surface area contributed by atoms with Gasteiger partial charge in [0.05, 0.1) is 12.6 Å². The van der Waals surface area contributed by atoms with Gasteiger partial charge in [-0.05, 0) is 19.3 Å². The smallest absolute Gasteiger partial charge is 0.221 e. The number of carbonyl (C=O) groups excluding carboxylic acids is 1. The van der Waals surface area contributed by atoms with Gasteiger partial charge in [-0.15, -0.1) is 0 Å². The van der Waals surface area contributed by atoms with Crippen molar-refractivity contribution in [3.8, 4) is 0 Å². The van der Waals surface area contributed by atoms with Crippen molar-refractivity contribution in [2.75, 3.05) is 13.2 Å². The minimum atomic E-state index is -0.0802. The SMILES string of the molecule is CCC(CO)NC(=O)CCNC1CC1. The summed E-state index contributed by atoms with van der Waals surface area (Å²) in [6.07, 6.45) is 3.77. The van der Waals surface area contributed by atoms with Crippen molar-refractivity contribution in [2.24, 2.45) is 0 Å². The summed E-state index contributed by atoms with van der Waals surface area (Å²) < 4.78 is 0. The molecule has 1 amide bonds. The van der Waals surface area contributed by atoms with E-state index in [1.165, 1.54) is 12.8 Å². The Balaban J connectivity index is 2.01. The van der Waals surface area contributed by atoms with Crippen LogP contribution in [0, 0.1) is 0 Å². The van der Waals surface area contributed by atoms with Crippen LogP contribution in [0.2, 0.25) is 0 Å². The Morgan fingerprint density at radius 1 is 1.57 bits per heavy atom. The van der Waals surface area contributed by atoms with Crippen LogP contribution < -0.4 is 10.6 Å². The maximum Gasteiger partial charge on any atom is 0.221 e. The van der Waals surface area contributed by atoms with E-state index in [-0.39, 0.29) is 18.6 Å². The monoisotopic (exact) mass is 200 g/mol. The topological polar surface area (TPSA) is 61.4 Å². The van der Waals surface area contributed by atoms with Crippen LogP contribution in [0.4, 0.5) is 0 Å². The molecule has 0 aromatic heterocycles. The van der Waals surface area contributed by atoms with E-state index in [9.17, 15) is 4.79 Å². The largest absolute Gasteiger partial charge is 0.394 e. The minimum Gasteiger partial charge on any atom is -0.394 e. The molecule has 4 nitrogen and oxygen atoms in total. The van der Waals surface area contributed by atoms with Gasteiger partial charge in [0.2, 0.25) is 5.91 Å². The maximum atomic E-state index is 11.3. The molecule has 1 saturated carbocycles. The zero-order valence-corrected chi connectivity index (χ0v) is 8.75. The van der Waals surface area contributed by atoms with E-state index in [0.717, 1.165) is 13.0 Å². The Kier molecular flexibility index (Phi) is 4.90. The second kappa shape index (κ2) is 5.98. The van der Waals surface area contributed by atoms with Gasteiger partial charge in [-0.3, -0.25) is 4.79 Å². The highest BCUT2D eigenvalue weighted by Crippen LogP contribution is 2.18. The van der Waals surface area contributed by atoms with Crippen molar-refractivity contribution >= 4 is 5.91 Å². The third-order valence-corrected chi connectivity index (χ3v) is 2.44. The summed E-state index contributed by atoms with van der Waals surface area (Å²) in [6.45, 7) is 2.72. The molecule has 4 heteroatoms. The van der Waals surface area contributed by atoms with Crippen LogP contribution in [-0.4, -0.2) is 36.2 Å². The van der Waals surface area contributed by atoms with Crippen LogP contribution in [0.25, 0.3) is 0 Å². The predicted molar refractivity (Wildman–Crippen MR) is 54.9 cm³/mol. The van der Waals surface area contributed by atoms with E-state index < -0.39 is 0 Å². The van der Waals surface area contributed by atoms with Gasteiger partial charge in [-0.2, -0.15) is 0 Å². The first-order valence-corrected chi connectivity index (χ1v) is 5.39. The number of rotatable bonds is 7. The third kappa shape index (κ3) is 4.58. The molecular formula is C10H20N2O2. The number of hydrogen-bond donors (Lipinski definition) is 3. The molecule has 1 fully saturated rings. The van der Waals surface area contributed by atoms with Gasteiger partial charge in [0.25, 0.3) is 0 Å². The molecule has 1 rings (SSSR count). The molecule has 0 heterocycles. The number of nitrogens with one attached hydrogen (secondary N) is 2. The lowest BCUT2D eigenvalue weighted by atomic mass is 10.2. The summed E-state index contributed by atoms with van der Waals surface area (Å²) in [4.78, 5) is 11.3. The Labute approximate surface area is 85.1 Å². The molecular weight excluding hydrogens is 180 g/mol. The molecule has 1 aliphatic carbocycles. The molecule has 0 aromatic rings. The maximum absolute atomic E-state index is 11.3. The normalized spacial score (nSPS) is 17.9. The lowest BCUT2D eigenvalue weighted by molar-refractivity contribution is -0.122. The highest BCUT2D eigenvalue weighted by atomic mass is 16.3. The van der Waals surface area contributed by atoms with Crippen molar-refractivity contribution in [3.63, 3.8) is 0 Å². The molecule has 0 aliphatic heterocycles. The Morgan fingerprint density at radius 2 is 2.29 bits per heavy atom. The molecule has 3 N–H and O–H groups in total. The molecule has 1 aliphatic rings. The first-order chi connectivity index (χ1) is 6.76. The lowest BCUT2D eigenvalue weighted by Gasteiger charge is -2.13. The van der Waals surface area contributed by atoms with Gasteiger partial charge >= 0.3 is 0 Å². The summed E-state index contributed by atoms with van der Waals surface area (Å²) in [6, 6.07) is 0.575. The minimum absolute atomic E-state index is 0.0261. The summed E-state index contributed by atoms with van der Waals surface area (Å²) in [5.41, 5.74) is 0. The standard InChI is InChI=1S/C10H20N2O2/c1-2-8(7-13)12-10(14)5-6-11-9-3-4-9/h8-9,11,13H,2-7H2,1H3,(H,12,14). The number of aliphatic hydroxyl groups excluding tert-OH is 1. The van der Waals surface area contributed by atoms with Gasteiger partial charge in [0, 0.05) is 19.0 Å². The third-order valence-electron chi connectivity index (χ3n) is 2.44. The number of carbonyl (C=O) groups is 1. The summed E-state index contributed by atoms with van der Waals surface area (Å²) in [7, 11) is 0. The fourth-order valence-electron chi connectivity index (χ4n) is 1.25. The Bertz CT molecular complexity index is 177. The Hall–Kier alpha value is -0.610. The molecule has 0 radical (unpaired) electrons. The van der Waals surface area contributed by atoms with Gasteiger partial charge in [-0.25, -0.2) is 0 Å². The molecule has 1 atom stereocenters. The average Bonchev–Trinajstić information content (AvgIpc) is 2.98. The van der Waals surface area contributed by atoms with Crippen LogP contribution in [-0.2, 0) is 4.79 Å². The van der Waals surface area contributed by atoms with E-state index in [1.54, 1.807) is 0 Å². The fourth-order valence-corrected chi connectivity index (χ4v) is 1.25. The average molecular weight is 200 g/mol. The number of amides is 1. The molecule has 82 valence electrons. The van der Waals surface area contributed by atoms with Crippen LogP contribution >= 0.6 is 0 Å². The van der Waals surface area contributed by atoms with Gasteiger partial charge in [0.15, 0.2) is 0 Å². The van der Waals surface area contributed by atoms with E-state index in [1.807, 2.05) is 6.92 Å². The van der Waals surface area contributed by atoms with Crippen LogP contribution in [0.15, 0.2) is 0 Å². The lowest BCUT2D eigenvalue weighted by Crippen LogP contribution is -2.38.